The molecule has 2 unspecified atom stereocenters. The quantitative estimate of drug-likeness (QED) is 0.896. The third-order valence-electron chi connectivity index (χ3n) is 3.42. The van der Waals surface area contributed by atoms with Gasteiger partial charge in [-0.05, 0) is 36.1 Å². The zero-order valence-electron chi connectivity index (χ0n) is 11.3. The lowest BCUT2D eigenvalue weighted by molar-refractivity contribution is -0.0735. The van der Waals surface area contributed by atoms with E-state index < -0.39 is 6.10 Å². The minimum Gasteiger partial charge on any atom is -0.485 e. The molecule has 3 nitrogen and oxygen atoms in total. The average molecular weight is 250 g/mol. The highest BCUT2D eigenvalue weighted by Gasteiger charge is 2.25. The van der Waals surface area contributed by atoms with E-state index in [0.29, 0.717) is 25.6 Å². The fourth-order valence-electron chi connectivity index (χ4n) is 2.36. The molecule has 1 aliphatic rings. The zero-order valence-corrected chi connectivity index (χ0v) is 11.3. The highest BCUT2D eigenvalue weighted by molar-refractivity contribution is 5.36. The van der Waals surface area contributed by atoms with E-state index in [9.17, 15) is 5.11 Å². The van der Waals surface area contributed by atoms with Crippen molar-refractivity contribution in [3.8, 4) is 5.75 Å². The number of aliphatic hydroxyl groups excluding tert-OH is 1. The van der Waals surface area contributed by atoms with E-state index in [-0.39, 0.29) is 6.10 Å². The molecule has 18 heavy (non-hydrogen) atoms. The van der Waals surface area contributed by atoms with Gasteiger partial charge in [-0.15, -0.1) is 0 Å². The molecule has 0 aliphatic carbocycles. The molecular formula is C15H22O3. The first-order valence-electron chi connectivity index (χ1n) is 6.61. The number of aryl methyl sites for hydroxylation is 1. The normalized spacial score (nSPS) is 24.3. The third kappa shape index (κ3) is 3.03. The van der Waals surface area contributed by atoms with Crippen molar-refractivity contribution in [1.82, 2.24) is 0 Å². The van der Waals surface area contributed by atoms with E-state index in [4.69, 9.17) is 9.47 Å². The van der Waals surface area contributed by atoms with Gasteiger partial charge < -0.3 is 14.6 Å². The molecule has 0 spiro atoms. The Labute approximate surface area is 109 Å². The molecule has 100 valence electrons. The predicted molar refractivity (Wildman–Crippen MR) is 71.1 cm³/mol. The van der Waals surface area contributed by atoms with Gasteiger partial charge >= 0.3 is 0 Å². The average Bonchev–Trinajstić information content (AvgIpc) is 2.32. The van der Waals surface area contributed by atoms with Crippen LogP contribution in [0.4, 0.5) is 0 Å². The molecule has 1 aliphatic heterocycles. The molecule has 0 aromatic heterocycles. The van der Waals surface area contributed by atoms with Gasteiger partial charge in [0.1, 0.15) is 11.9 Å². The van der Waals surface area contributed by atoms with Crippen LogP contribution < -0.4 is 4.74 Å². The highest BCUT2D eigenvalue weighted by atomic mass is 16.5. The molecule has 0 amide bonds. The molecule has 2 rings (SSSR count). The van der Waals surface area contributed by atoms with Gasteiger partial charge in [0, 0.05) is 13.0 Å². The molecule has 0 radical (unpaired) electrons. The molecular weight excluding hydrogens is 228 g/mol. The van der Waals surface area contributed by atoms with Gasteiger partial charge in [0.2, 0.25) is 0 Å². The van der Waals surface area contributed by atoms with Crippen LogP contribution in [0.5, 0.6) is 5.75 Å². The van der Waals surface area contributed by atoms with Crippen molar-refractivity contribution in [2.45, 2.75) is 45.3 Å². The van der Waals surface area contributed by atoms with Gasteiger partial charge in [-0.3, -0.25) is 0 Å². The van der Waals surface area contributed by atoms with Crippen LogP contribution in [0.2, 0.25) is 0 Å². The van der Waals surface area contributed by atoms with E-state index >= 15 is 0 Å². The van der Waals surface area contributed by atoms with Crippen molar-refractivity contribution < 1.29 is 14.6 Å². The molecule has 3 heteroatoms. The van der Waals surface area contributed by atoms with Crippen molar-refractivity contribution in [3.63, 3.8) is 0 Å². The van der Waals surface area contributed by atoms with E-state index in [2.05, 4.69) is 26.8 Å². The second-order valence-electron chi connectivity index (χ2n) is 5.26. The van der Waals surface area contributed by atoms with Gasteiger partial charge in [0.25, 0.3) is 0 Å². The minimum absolute atomic E-state index is 0.247. The lowest BCUT2D eigenvalue weighted by Crippen LogP contribution is -2.40. The predicted octanol–water partition coefficient (Wildman–Crippen LogP) is 2.65. The van der Waals surface area contributed by atoms with Crippen LogP contribution in [0.3, 0.4) is 0 Å². The molecule has 1 heterocycles. The Balaban J connectivity index is 2.07. The first-order chi connectivity index (χ1) is 8.58. The summed E-state index contributed by atoms with van der Waals surface area (Å²) in [6, 6.07) is 6.12. The Bertz CT molecular complexity index is 401. The standard InChI is InChI=1S/C15H22O3/c1-10(2)13-5-4-12(8-11(13)3)18-15-9-17-7-6-14(15)16/h4-5,8,10,14-16H,6-7,9H2,1-3H3. The monoisotopic (exact) mass is 250 g/mol. The number of benzene rings is 1. The molecule has 1 fully saturated rings. The number of hydrogen-bond donors (Lipinski definition) is 1. The number of ether oxygens (including phenoxy) is 2. The maximum atomic E-state index is 9.84. The summed E-state index contributed by atoms with van der Waals surface area (Å²) in [5, 5.41) is 9.84. The number of hydrogen-bond acceptors (Lipinski definition) is 3. The Morgan fingerprint density at radius 1 is 1.39 bits per heavy atom. The lowest BCUT2D eigenvalue weighted by atomic mass is 9.98. The summed E-state index contributed by atoms with van der Waals surface area (Å²) in [5.74, 6) is 1.33. The molecule has 1 saturated heterocycles. The van der Waals surface area contributed by atoms with E-state index in [1.165, 1.54) is 11.1 Å². The van der Waals surface area contributed by atoms with Crippen LogP contribution in [0.25, 0.3) is 0 Å². The Morgan fingerprint density at radius 3 is 2.78 bits per heavy atom. The third-order valence-corrected chi connectivity index (χ3v) is 3.42. The largest absolute Gasteiger partial charge is 0.485 e. The SMILES string of the molecule is Cc1cc(OC2COCCC2O)ccc1C(C)C. The fourth-order valence-corrected chi connectivity index (χ4v) is 2.36. The van der Waals surface area contributed by atoms with Gasteiger partial charge in [-0.1, -0.05) is 19.9 Å². The molecule has 0 bridgehead atoms. The summed E-state index contributed by atoms with van der Waals surface area (Å²) in [6.45, 7) is 7.54. The summed E-state index contributed by atoms with van der Waals surface area (Å²) in [5.41, 5.74) is 2.57. The van der Waals surface area contributed by atoms with Crippen LogP contribution in [-0.2, 0) is 4.74 Å². The highest BCUT2D eigenvalue weighted by Crippen LogP contribution is 2.25. The van der Waals surface area contributed by atoms with Crippen molar-refractivity contribution in [2.75, 3.05) is 13.2 Å². The maximum absolute atomic E-state index is 9.84. The Morgan fingerprint density at radius 2 is 2.17 bits per heavy atom. The van der Waals surface area contributed by atoms with Gasteiger partial charge in [0.15, 0.2) is 0 Å². The lowest BCUT2D eigenvalue weighted by Gasteiger charge is -2.28. The van der Waals surface area contributed by atoms with Crippen LogP contribution >= 0.6 is 0 Å². The van der Waals surface area contributed by atoms with Crippen LogP contribution in [-0.4, -0.2) is 30.5 Å². The van der Waals surface area contributed by atoms with Crippen molar-refractivity contribution in [1.29, 1.82) is 0 Å². The maximum Gasteiger partial charge on any atom is 0.148 e. The molecule has 1 N–H and O–H groups in total. The van der Waals surface area contributed by atoms with Crippen molar-refractivity contribution in [2.24, 2.45) is 0 Å². The number of aliphatic hydroxyl groups is 1. The van der Waals surface area contributed by atoms with Gasteiger partial charge in [0.05, 0.1) is 12.7 Å². The summed E-state index contributed by atoms with van der Waals surface area (Å²) in [6.07, 6.45) is -0.0276. The van der Waals surface area contributed by atoms with Crippen LogP contribution in [0.1, 0.15) is 37.3 Å². The minimum atomic E-state index is -0.427. The van der Waals surface area contributed by atoms with E-state index in [0.717, 1.165) is 5.75 Å². The van der Waals surface area contributed by atoms with Crippen LogP contribution in [0.15, 0.2) is 18.2 Å². The fraction of sp³-hybridized carbons (Fsp3) is 0.600. The summed E-state index contributed by atoms with van der Waals surface area (Å²) < 4.78 is 11.1. The summed E-state index contributed by atoms with van der Waals surface area (Å²) in [4.78, 5) is 0. The van der Waals surface area contributed by atoms with E-state index in [1.807, 2.05) is 12.1 Å². The van der Waals surface area contributed by atoms with Gasteiger partial charge in [-0.25, -0.2) is 0 Å². The van der Waals surface area contributed by atoms with E-state index in [1.54, 1.807) is 0 Å². The van der Waals surface area contributed by atoms with Crippen LogP contribution in [0, 0.1) is 6.92 Å². The van der Waals surface area contributed by atoms with Crippen molar-refractivity contribution in [3.05, 3.63) is 29.3 Å². The van der Waals surface area contributed by atoms with Crippen molar-refractivity contribution >= 4 is 0 Å². The smallest absolute Gasteiger partial charge is 0.148 e. The first kappa shape index (κ1) is 13.4. The molecule has 1 aromatic carbocycles. The second-order valence-corrected chi connectivity index (χ2v) is 5.26. The Kier molecular flexibility index (Phi) is 4.25. The second kappa shape index (κ2) is 5.72. The molecule has 0 saturated carbocycles. The first-order valence-corrected chi connectivity index (χ1v) is 6.61. The summed E-state index contributed by atoms with van der Waals surface area (Å²) >= 11 is 0. The van der Waals surface area contributed by atoms with Gasteiger partial charge in [-0.2, -0.15) is 0 Å². The topological polar surface area (TPSA) is 38.7 Å². The Hall–Kier alpha value is -1.06. The molecule has 1 aromatic rings. The number of rotatable bonds is 3. The zero-order chi connectivity index (χ0) is 13.1. The molecule has 2 atom stereocenters. The summed E-state index contributed by atoms with van der Waals surface area (Å²) in [7, 11) is 0.